The van der Waals surface area contributed by atoms with Gasteiger partial charge in [-0.2, -0.15) is 0 Å². The van der Waals surface area contributed by atoms with E-state index in [0.717, 1.165) is 4.88 Å². The predicted octanol–water partition coefficient (Wildman–Crippen LogP) is 2.05. The molecule has 136 valence electrons. The molecule has 0 spiro atoms. The van der Waals surface area contributed by atoms with Crippen LogP contribution in [0.5, 0.6) is 11.5 Å². The molecule has 1 saturated heterocycles. The molecule has 7 heteroatoms. The maximum Gasteiger partial charge on any atom is 0.231 e. The van der Waals surface area contributed by atoms with E-state index >= 15 is 0 Å². The van der Waals surface area contributed by atoms with E-state index in [4.69, 9.17) is 9.47 Å². The van der Waals surface area contributed by atoms with Gasteiger partial charge in [-0.05, 0) is 29.6 Å². The minimum atomic E-state index is 0.0571. The van der Waals surface area contributed by atoms with Gasteiger partial charge in [0.25, 0.3) is 0 Å². The summed E-state index contributed by atoms with van der Waals surface area (Å²) in [4.78, 5) is 30.0. The van der Waals surface area contributed by atoms with E-state index in [2.05, 4.69) is 4.90 Å². The summed E-state index contributed by atoms with van der Waals surface area (Å²) < 4.78 is 10.6. The van der Waals surface area contributed by atoms with Crippen LogP contribution in [0.15, 0.2) is 35.7 Å². The number of ether oxygens (including phenoxy) is 2. The first-order valence-corrected chi connectivity index (χ1v) is 9.52. The van der Waals surface area contributed by atoms with Crippen molar-refractivity contribution in [1.29, 1.82) is 0 Å². The fraction of sp³-hybridized carbons (Fsp3) is 0.368. The largest absolute Gasteiger partial charge is 0.454 e. The van der Waals surface area contributed by atoms with Crippen molar-refractivity contribution in [3.8, 4) is 11.5 Å². The van der Waals surface area contributed by atoms with Crippen LogP contribution in [-0.4, -0.2) is 61.0 Å². The number of Topliss-reactive ketones (excluding diaryl/α,β-unsaturated/α-hetero) is 1. The van der Waals surface area contributed by atoms with Crippen LogP contribution in [0.4, 0.5) is 0 Å². The zero-order chi connectivity index (χ0) is 17.9. The summed E-state index contributed by atoms with van der Waals surface area (Å²) in [5.41, 5.74) is 0.630. The SMILES string of the molecule is O=C(CN1CCN(C(=O)Cc2cccs2)CC1)c1ccc2c(c1)OCO2. The summed E-state index contributed by atoms with van der Waals surface area (Å²) in [6.45, 7) is 3.32. The third-order valence-corrected chi connectivity index (χ3v) is 5.57. The van der Waals surface area contributed by atoms with Gasteiger partial charge in [-0.3, -0.25) is 14.5 Å². The molecule has 0 N–H and O–H groups in total. The number of hydrogen-bond donors (Lipinski definition) is 0. The molecule has 6 nitrogen and oxygen atoms in total. The summed E-state index contributed by atoms with van der Waals surface area (Å²) in [6, 6.07) is 9.24. The number of thiophene rings is 1. The van der Waals surface area contributed by atoms with Crippen LogP contribution < -0.4 is 9.47 Å². The number of ketones is 1. The normalized spacial score (nSPS) is 16.7. The highest BCUT2D eigenvalue weighted by atomic mass is 32.1. The molecule has 1 amide bonds. The summed E-state index contributed by atoms with van der Waals surface area (Å²) >= 11 is 1.61. The monoisotopic (exact) mass is 372 g/mol. The molecule has 1 aromatic heterocycles. The molecule has 1 fully saturated rings. The maximum atomic E-state index is 12.5. The van der Waals surface area contributed by atoms with Crippen molar-refractivity contribution in [3.63, 3.8) is 0 Å². The first-order valence-electron chi connectivity index (χ1n) is 8.64. The summed E-state index contributed by atoms with van der Waals surface area (Å²) in [5, 5.41) is 1.99. The van der Waals surface area contributed by atoms with Gasteiger partial charge in [0, 0.05) is 36.6 Å². The number of carbonyl (C=O) groups excluding carboxylic acids is 2. The minimum absolute atomic E-state index is 0.0571. The lowest BCUT2D eigenvalue weighted by atomic mass is 10.1. The van der Waals surface area contributed by atoms with Crippen molar-refractivity contribution >= 4 is 23.0 Å². The summed E-state index contributed by atoms with van der Waals surface area (Å²) in [6.07, 6.45) is 0.466. The number of benzene rings is 1. The topological polar surface area (TPSA) is 59.1 Å². The Bertz CT molecular complexity index is 798. The maximum absolute atomic E-state index is 12.5. The van der Waals surface area contributed by atoms with Crippen LogP contribution >= 0.6 is 11.3 Å². The quantitative estimate of drug-likeness (QED) is 0.752. The summed E-state index contributed by atoms with van der Waals surface area (Å²) in [5.74, 6) is 1.52. The predicted molar refractivity (Wildman–Crippen MR) is 97.9 cm³/mol. The van der Waals surface area contributed by atoms with Gasteiger partial charge in [-0.1, -0.05) is 6.07 Å². The van der Waals surface area contributed by atoms with E-state index in [9.17, 15) is 9.59 Å². The molecule has 0 atom stereocenters. The van der Waals surface area contributed by atoms with E-state index in [1.165, 1.54) is 0 Å². The number of amides is 1. The van der Waals surface area contributed by atoms with Crippen LogP contribution in [0.3, 0.4) is 0 Å². The van der Waals surface area contributed by atoms with Crippen LogP contribution in [0.1, 0.15) is 15.2 Å². The van der Waals surface area contributed by atoms with E-state index in [1.54, 1.807) is 29.5 Å². The zero-order valence-electron chi connectivity index (χ0n) is 14.3. The van der Waals surface area contributed by atoms with Crippen molar-refractivity contribution in [3.05, 3.63) is 46.2 Å². The molecule has 26 heavy (non-hydrogen) atoms. The standard InChI is InChI=1S/C19H20N2O4S/c22-16(14-3-4-17-18(10-14)25-13-24-17)12-20-5-7-21(8-6-20)19(23)11-15-2-1-9-26-15/h1-4,9-10H,5-8,11-13H2. The van der Waals surface area contributed by atoms with Crippen molar-refractivity contribution < 1.29 is 19.1 Å². The van der Waals surface area contributed by atoms with E-state index in [-0.39, 0.29) is 18.5 Å². The van der Waals surface area contributed by atoms with Crippen LogP contribution in [-0.2, 0) is 11.2 Å². The second-order valence-corrected chi connectivity index (χ2v) is 7.44. The second kappa shape index (κ2) is 7.47. The lowest BCUT2D eigenvalue weighted by Crippen LogP contribution is -2.50. The Hall–Kier alpha value is -2.38. The second-order valence-electron chi connectivity index (χ2n) is 6.40. The van der Waals surface area contributed by atoms with E-state index in [0.29, 0.717) is 56.2 Å². The molecule has 2 aromatic rings. The third-order valence-electron chi connectivity index (χ3n) is 4.69. The Morgan fingerprint density at radius 1 is 1.04 bits per heavy atom. The first kappa shape index (κ1) is 17.1. The highest BCUT2D eigenvalue weighted by molar-refractivity contribution is 7.10. The van der Waals surface area contributed by atoms with Gasteiger partial charge < -0.3 is 14.4 Å². The lowest BCUT2D eigenvalue weighted by molar-refractivity contribution is -0.132. The van der Waals surface area contributed by atoms with Gasteiger partial charge in [0.15, 0.2) is 17.3 Å². The number of rotatable bonds is 5. The molecule has 3 heterocycles. The Morgan fingerprint density at radius 2 is 1.85 bits per heavy atom. The summed E-state index contributed by atoms with van der Waals surface area (Å²) in [7, 11) is 0. The molecule has 0 unspecified atom stereocenters. The van der Waals surface area contributed by atoms with E-state index < -0.39 is 0 Å². The van der Waals surface area contributed by atoms with Crippen LogP contribution in [0.25, 0.3) is 0 Å². The number of carbonyl (C=O) groups is 2. The fourth-order valence-electron chi connectivity index (χ4n) is 3.19. The van der Waals surface area contributed by atoms with Crippen LogP contribution in [0, 0.1) is 0 Å². The highest BCUT2D eigenvalue weighted by Crippen LogP contribution is 2.32. The minimum Gasteiger partial charge on any atom is -0.454 e. The first-order chi connectivity index (χ1) is 12.7. The molecule has 0 aliphatic carbocycles. The van der Waals surface area contributed by atoms with Gasteiger partial charge >= 0.3 is 0 Å². The molecular formula is C19H20N2O4S. The molecule has 0 bridgehead atoms. The van der Waals surface area contributed by atoms with Crippen molar-refractivity contribution in [2.45, 2.75) is 6.42 Å². The van der Waals surface area contributed by atoms with Gasteiger partial charge in [0.1, 0.15) is 0 Å². The Labute approximate surface area is 155 Å². The molecule has 1 aromatic carbocycles. The molecule has 0 saturated carbocycles. The number of hydrogen-bond acceptors (Lipinski definition) is 6. The van der Waals surface area contributed by atoms with Gasteiger partial charge in [0.05, 0.1) is 13.0 Å². The highest BCUT2D eigenvalue weighted by Gasteiger charge is 2.24. The van der Waals surface area contributed by atoms with Crippen molar-refractivity contribution in [2.24, 2.45) is 0 Å². The van der Waals surface area contributed by atoms with E-state index in [1.807, 2.05) is 22.4 Å². The fourth-order valence-corrected chi connectivity index (χ4v) is 3.89. The lowest BCUT2D eigenvalue weighted by Gasteiger charge is -2.34. The third kappa shape index (κ3) is 3.73. The Balaban J connectivity index is 1.28. The average Bonchev–Trinajstić information content (AvgIpc) is 3.33. The van der Waals surface area contributed by atoms with Gasteiger partial charge in [-0.25, -0.2) is 0 Å². The molecular weight excluding hydrogens is 352 g/mol. The smallest absolute Gasteiger partial charge is 0.231 e. The van der Waals surface area contributed by atoms with Crippen LogP contribution in [0.2, 0.25) is 0 Å². The average molecular weight is 372 g/mol. The van der Waals surface area contributed by atoms with Gasteiger partial charge in [0.2, 0.25) is 12.7 Å². The van der Waals surface area contributed by atoms with Crippen molar-refractivity contribution in [1.82, 2.24) is 9.80 Å². The molecule has 0 radical (unpaired) electrons. The number of fused-ring (bicyclic) bond motifs is 1. The zero-order valence-corrected chi connectivity index (χ0v) is 15.2. The number of nitrogens with zero attached hydrogens (tertiary/aromatic N) is 2. The van der Waals surface area contributed by atoms with Crippen molar-refractivity contribution in [2.75, 3.05) is 39.5 Å². The molecule has 2 aliphatic rings. The molecule has 4 rings (SSSR count). The Morgan fingerprint density at radius 3 is 2.62 bits per heavy atom. The number of piperazine rings is 1. The van der Waals surface area contributed by atoms with Gasteiger partial charge in [-0.15, -0.1) is 11.3 Å². The Kier molecular flexibility index (Phi) is 4.90. The molecule has 2 aliphatic heterocycles.